The highest BCUT2D eigenvalue weighted by Crippen LogP contribution is 2.26. The van der Waals surface area contributed by atoms with E-state index in [1.165, 1.54) is 11.3 Å². The number of amides is 2. The van der Waals surface area contributed by atoms with Crippen LogP contribution in [0.5, 0.6) is 5.75 Å². The maximum Gasteiger partial charge on any atom is 0.322 e. The first kappa shape index (κ1) is 19.1. The number of nitrogens with zero attached hydrogens (tertiary/aromatic N) is 2. The van der Waals surface area contributed by atoms with Gasteiger partial charge in [0.1, 0.15) is 5.75 Å². The zero-order chi connectivity index (χ0) is 19.4. The summed E-state index contributed by atoms with van der Waals surface area (Å²) in [5, 5.41) is 2.99. The van der Waals surface area contributed by atoms with Gasteiger partial charge in [0.15, 0.2) is 0 Å². The molecule has 1 heterocycles. The molecule has 0 bridgehead atoms. The number of carbonyl (C=O) groups is 1. The van der Waals surface area contributed by atoms with Crippen LogP contribution in [0, 0.1) is 6.92 Å². The van der Waals surface area contributed by atoms with Crippen LogP contribution in [-0.2, 0) is 0 Å². The zero-order valence-corrected chi connectivity index (χ0v) is 16.7. The van der Waals surface area contributed by atoms with Crippen LogP contribution in [0.3, 0.4) is 0 Å². The van der Waals surface area contributed by atoms with Crippen molar-refractivity contribution in [3.8, 4) is 5.75 Å². The fourth-order valence-electron chi connectivity index (χ4n) is 3.35. The number of urea groups is 1. The van der Waals surface area contributed by atoms with Crippen molar-refractivity contribution in [2.24, 2.45) is 0 Å². The number of hydrogen-bond donors (Lipinski definition) is 1. The largest absolute Gasteiger partial charge is 0.495 e. The lowest BCUT2D eigenvalue weighted by Gasteiger charge is -2.36. The van der Waals surface area contributed by atoms with Gasteiger partial charge in [-0.05, 0) is 48.2 Å². The highest BCUT2D eigenvalue weighted by molar-refractivity contribution is 5.91. The number of aryl methyl sites for hydroxylation is 1. The van der Waals surface area contributed by atoms with Gasteiger partial charge in [-0.2, -0.15) is 0 Å². The predicted molar refractivity (Wildman–Crippen MR) is 111 cm³/mol. The Hall–Kier alpha value is -2.69. The zero-order valence-electron chi connectivity index (χ0n) is 16.7. The average molecular weight is 367 g/mol. The lowest BCUT2D eigenvalue weighted by molar-refractivity contribution is 0.208. The smallest absolute Gasteiger partial charge is 0.322 e. The molecule has 1 fully saturated rings. The molecule has 0 unspecified atom stereocenters. The second-order valence-electron chi connectivity index (χ2n) is 7.35. The minimum absolute atomic E-state index is 0.0753. The lowest BCUT2D eigenvalue weighted by Crippen LogP contribution is -2.50. The molecule has 144 valence electrons. The number of nitrogens with one attached hydrogen (secondary N) is 1. The summed E-state index contributed by atoms with van der Waals surface area (Å²) in [6.45, 7) is 9.47. The van der Waals surface area contributed by atoms with Gasteiger partial charge in [-0.15, -0.1) is 0 Å². The molecule has 1 saturated heterocycles. The van der Waals surface area contributed by atoms with Crippen LogP contribution in [0.25, 0.3) is 0 Å². The summed E-state index contributed by atoms with van der Waals surface area (Å²) in [4.78, 5) is 16.8. The molecule has 5 heteroatoms. The molecular formula is C22H29N3O2. The Morgan fingerprint density at radius 1 is 1.04 bits per heavy atom. The quantitative estimate of drug-likeness (QED) is 0.866. The molecule has 0 spiro atoms. The van der Waals surface area contributed by atoms with Gasteiger partial charge in [-0.25, -0.2) is 4.79 Å². The maximum absolute atomic E-state index is 12.7. The van der Waals surface area contributed by atoms with Crippen molar-refractivity contribution < 1.29 is 9.53 Å². The van der Waals surface area contributed by atoms with Gasteiger partial charge in [0, 0.05) is 31.9 Å². The van der Waals surface area contributed by atoms with Gasteiger partial charge in [0.25, 0.3) is 0 Å². The molecule has 2 aromatic rings. The van der Waals surface area contributed by atoms with E-state index in [4.69, 9.17) is 4.74 Å². The summed E-state index contributed by atoms with van der Waals surface area (Å²) in [6.07, 6.45) is 0. The minimum Gasteiger partial charge on any atom is -0.495 e. The number of methoxy groups -OCH3 is 1. The van der Waals surface area contributed by atoms with E-state index in [2.05, 4.69) is 48.3 Å². The second-order valence-corrected chi connectivity index (χ2v) is 7.35. The first-order chi connectivity index (χ1) is 13.0. The van der Waals surface area contributed by atoms with E-state index < -0.39 is 0 Å². The Morgan fingerprint density at radius 2 is 1.70 bits per heavy atom. The van der Waals surface area contributed by atoms with Crippen LogP contribution in [0.2, 0.25) is 0 Å². The van der Waals surface area contributed by atoms with E-state index in [1.807, 2.05) is 30.0 Å². The normalized spacial score (nSPS) is 14.4. The lowest BCUT2D eigenvalue weighted by atomic mass is 10.0. The van der Waals surface area contributed by atoms with Crippen molar-refractivity contribution in [2.45, 2.75) is 26.7 Å². The number of anilines is 2. The number of benzene rings is 2. The van der Waals surface area contributed by atoms with Crippen LogP contribution in [-0.4, -0.2) is 44.2 Å². The van der Waals surface area contributed by atoms with Gasteiger partial charge in [-0.3, -0.25) is 0 Å². The van der Waals surface area contributed by atoms with Crippen LogP contribution < -0.4 is 15.0 Å². The SMILES string of the molecule is COc1ccc(C)cc1NC(=O)N1CCN(c2ccc(C(C)C)cc2)CC1. The Kier molecular flexibility index (Phi) is 5.89. The molecule has 2 amide bonds. The van der Waals surface area contributed by atoms with E-state index in [0.29, 0.717) is 30.4 Å². The molecule has 5 nitrogen and oxygen atoms in total. The van der Waals surface area contributed by atoms with Crippen LogP contribution in [0.15, 0.2) is 42.5 Å². The Morgan fingerprint density at radius 3 is 2.30 bits per heavy atom. The summed E-state index contributed by atoms with van der Waals surface area (Å²) < 4.78 is 5.35. The van der Waals surface area contributed by atoms with E-state index in [-0.39, 0.29) is 6.03 Å². The molecule has 27 heavy (non-hydrogen) atoms. The first-order valence-electron chi connectivity index (χ1n) is 9.53. The molecule has 2 aromatic carbocycles. The summed E-state index contributed by atoms with van der Waals surface area (Å²) in [5.41, 5.74) is 4.37. The van der Waals surface area contributed by atoms with Crippen molar-refractivity contribution in [1.82, 2.24) is 4.90 Å². The minimum atomic E-state index is -0.0753. The fourth-order valence-corrected chi connectivity index (χ4v) is 3.35. The van der Waals surface area contributed by atoms with Crippen molar-refractivity contribution in [3.05, 3.63) is 53.6 Å². The average Bonchev–Trinajstić information content (AvgIpc) is 2.68. The molecule has 3 rings (SSSR count). The van der Waals surface area contributed by atoms with Gasteiger partial charge < -0.3 is 19.9 Å². The topological polar surface area (TPSA) is 44.8 Å². The number of carbonyl (C=O) groups excluding carboxylic acids is 1. The molecule has 0 atom stereocenters. The van der Waals surface area contributed by atoms with Gasteiger partial charge in [0.2, 0.25) is 0 Å². The highest BCUT2D eigenvalue weighted by atomic mass is 16.5. The molecular weight excluding hydrogens is 338 g/mol. The Labute approximate surface area is 161 Å². The summed E-state index contributed by atoms with van der Waals surface area (Å²) in [6, 6.07) is 14.5. The van der Waals surface area contributed by atoms with Crippen LogP contribution in [0.4, 0.5) is 16.2 Å². The number of piperazine rings is 1. The fraction of sp³-hybridized carbons (Fsp3) is 0.409. The van der Waals surface area contributed by atoms with E-state index in [0.717, 1.165) is 18.7 Å². The van der Waals surface area contributed by atoms with E-state index >= 15 is 0 Å². The maximum atomic E-state index is 12.7. The van der Waals surface area contributed by atoms with Crippen molar-refractivity contribution in [2.75, 3.05) is 43.5 Å². The highest BCUT2D eigenvalue weighted by Gasteiger charge is 2.22. The Balaban J connectivity index is 1.59. The van der Waals surface area contributed by atoms with E-state index in [1.54, 1.807) is 7.11 Å². The Bertz CT molecular complexity index is 779. The summed E-state index contributed by atoms with van der Waals surface area (Å²) in [7, 11) is 1.61. The molecule has 0 aliphatic carbocycles. The third-order valence-electron chi connectivity index (χ3n) is 5.09. The third kappa shape index (κ3) is 4.54. The number of rotatable bonds is 4. The molecule has 0 radical (unpaired) electrons. The van der Waals surface area contributed by atoms with Gasteiger partial charge in [-0.1, -0.05) is 32.0 Å². The second kappa shape index (κ2) is 8.33. The van der Waals surface area contributed by atoms with Gasteiger partial charge in [0.05, 0.1) is 12.8 Å². The van der Waals surface area contributed by atoms with Crippen LogP contribution >= 0.6 is 0 Å². The van der Waals surface area contributed by atoms with Gasteiger partial charge >= 0.3 is 6.03 Å². The molecule has 1 aliphatic heterocycles. The first-order valence-corrected chi connectivity index (χ1v) is 9.53. The number of ether oxygens (including phenoxy) is 1. The number of hydrogen-bond acceptors (Lipinski definition) is 3. The van der Waals surface area contributed by atoms with Crippen LogP contribution in [0.1, 0.15) is 30.9 Å². The van der Waals surface area contributed by atoms with Crippen molar-refractivity contribution >= 4 is 17.4 Å². The summed E-state index contributed by atoms with van der Waals surface area (Å²) in [5.74, 6) is 1.22. The van der Waals surface area contributed by atoms with Crippen molar-refractivity contribution in [3.63, 3.8) is 0 Å². The third-order valence-corrected chi connectivity index (χ3v) is 5.09. The summed E-state index contributed by atoms with van der Waals surface area (Å²) >= 11 is 0. The molecule has 0 aromatic heterocycles. The van der Waals surface area contributed by atoms with Crippen molar-refractivity contribution in [1.29, 1.82) is 0 Å². The molecule has 1 aliphatic rings. The molecule has 0 saturated carbocycles. The predicted octanol–water partition coefficient (Wildman–Crippen LogP) is 4.48. The molecule has 1 N–H and O–H groups in total. The monoisotopic (exact) mass is 367 g/mol. The standard InChI is InChI=1S/C22H29N3O2/c1-16(2)18-6-8-19(9-7-18)24-11-13-25(14-12-24)22(26)23-20-15-17(3)5-10-21(20)27-4/h5-10,15-16H,11-14H2,1-4H3,(H,23,26). The van der Waals surface area contributed by atoms with E-state index in [9.17, 15) is 4.79 Å².